The van der Waals surface area contributed by atoms with Crippen LogP contribution >= 0.6 is 0 Å². The molecule has 2 aliphatic heterocycles. The van der Waals surface area contributed by atoms with E-state index in [-0.39, 0.29) is 5.60 Å². The minimum atomic E-state index is 0.0305. The molecule has 2 fully saturated rings. The van der Waals surface area contributed by atoms with Gasteiger partial charge in [0.05, 0.1) is 11.6 Å². The second-order valence-corrected chi connectivity index (χ2v) is 8.41. The third kappa shape index (κ3) is 3.36. The van der Waals surface area contributed by atoms with Gasteiger partial charge in [-0.05, 0) is 86.6 Å². The van der Waals surface area contributed by atoms with E-state index in [0.717, 1.165) is 49.0 Å². The standard InChI is InChI=1S/C24H26N2O2/c25-17-18-4-6-21(7-5-18)27-22-8-9-23-19(16-22)10-11-24(28-23)12-14-26(15-13-24)20-2-1-3-20/h4-9,16,20H,1-3,10-15H2. The summed E-state index contributed by atoms with van der Waals surface area (Å²) in [6, 6.07) is 16.3. The van der Waals surface area contributed by atoms with Gasteiger partial charge in [0, 0.05) is 19.1 Å². The van der Waals surface area contributed by atoms with Crippen LogP contribution in [0.1, 0.15) is 49.7 Å². The lowest BCUT2D eigenvalue weighted by atomic mass is 9.81. The van der Waals surface area contributed by atoms with Crippen LogP contribution in [0.2, 0.25) is 0 Å². The first-order valence-corrected chi connectivity index (χ1v) is 10.5. The van der Waals surface area contributed by atoms with Crippen LogP contribution in [-0.4, -0.2) is 29.6 Å². The van der Waals surface area contributed by atoms with Crippen LogP contribution in [0.5, 0.6) is 17.2 Å². The molecule has 28 heavy (non-hydrogen) atoms. The van der Waals surface area contributed by atoms with E-state index in [2.05, 4.69) is 23.1 Å². The van der Waals surface area contributed by atoms with E-state index in [4.69, 9.17) is 14.7 Å². The highest BCUT2D eigenvalue weighted by Crippen LogP contribution is 2.42. The van der Waals surface area contributed by atoms with E-state index < -0.39 is 0 Å². The van der Waals surface area contributed by atoms with Crippen molar-refractivity contribution in [3.05, 3.63) is 53.6 Å². The van der Waals surface area contributed by atoms with Crippen LogP contribution in [0, 0.1) is 11.3 Å². The zero-order valence-corrected chi connectivity index (χ0v) is 16.2. The van der Waals surface area contributed by atoms with Crippen molar-refractivity contribution in [2.75, 3.05) is 13.1 Å². The number of hydrogen-bond acceptors (Lipinski definition) is 4. The Morgan fingerprint density at radius 1 is 1.00 bits per heavy atom. The van der Waals surface area contributed by atoms with Crippen molar-refractivity contribution in [3.8, 4) is 23.3 Å². The lowest BCUT2D eigenvalue weighted by molar-refractivity contribution is -0.0337. The summed E-state index contributed by atoms with van der Waals surface area (Å²) in [4.78, 5) is 2.68. The van der Waals surface area contributed by atoms with Crippen LogP contribution in [0.3, 0.4) is 0 Å². The van der Waals surface area contributed by atoms with Crippen molar-refractivity contribution in [3.63, 3.8) is 0 Å². The number of fused-ring (bicyclic) bond motifs is 1. The summed E-state index contributed by atoms with van der Waals surface area (Å²) < 4.78 is 12.5. The molecule has 0 atom stereocenters. The van der Waals surface area contributed by atoms with E-state index in [1.165, 1.54) is 37.9 Å². The zero-order chi connectivity index (χ0) is 19.0. The fourth-order valence-corrected chi connectivity index (χ4v) is 4.70. The Kier molecular flexibility index (Phi) is 4.49. The summed E-state index contributed by atoms with van der Waals surface area (Å²) in [6.45, 7) is 2.36. The van der Waals surface area contributed by atoms with Gasteiger partial charge in [-0.25, -0.2) is 0 Å². The molecule has 144 valence electrons. The van der Waals surface area contributed by atoms with Crippen LogP contribution in [0.15, 0.2) is 42.5 Å². The molecule has 4 nitrogen and oxygen atoms in total. The topological polar surface area (TPSA) is 45.5 Å². The maximum absolute atomic E-state index is 8.91. The maximum Gasteiger partial charge on any atom is 0.127 e. The van der Waals surface area contributed by atoms with E-state index in [1.807, 2.05) is 18.2 Å². The van der Waals surface area contributed by atoms with Gasteiger partial charge in [0.15, 0.2) is 0 Å². The number of piperidine rings is 1. The lowest BCUT2D eigenvalue weighted by Gasteiger charge is -2.48. The Morgan fingerprint density at radius 2 is 1.75 bits per heavy atom. The van der Waals surface area contributed by atoms with Gasteiger partial charge in [-0.1, -0.05) is 6.42 Å². The maximum atomic E-state index is 8.91. The van der Waals surface area contributed by atoms with Crippen molar-refractivity contribution in [2.24, 2.45) is 0 Å². The third-order valence-corrected chi connectivity index (χ3v) is 6.73. The SMILES string of the molecule is N#Cc1ccc(Oc2ccc3c(c2)CCC2(CCN(C4CCC4)CC2)O3)cc1. The highest BCUT2D eigenvalue weighted by atomic mass is 16.5. The largest absolute Gasteiger partial charge is 0.487 e. The molecular weight excluding hydrogens is 348 g/mol. The van der Waals surface area contributed by atoms with E-state index in [1.54, 1.807) is 12.1 Å². The number of hydrogen-bond donors (Lipinski definition) is 0. The molecule has 1 saturated heterocycles. The third-order valence-electron chi connectivity index (χ3n) is 6.73. The Bertz CT molecular complexity index is 888. The lowest BCUT2D eigenvalue weighted by Crippen LogP contribution is -2.53. The molecule has 0 N–H and O–H groups in total. The summed E-state index contributed by atoms with van der Waals surface area (Å²) >= 11 is 0. The molecule has 1 spiro atoms. The number of aryl methyl sites for hydroxylation is 1. The molecule has 0 radical (unpaired) electrons. The van der Waals surface area contributed by atoms with Gasteiger partial charge in [0.2, 0.25) is 0 Å². The first-order chi connectivity index (χ1) is 13.7. The molecule has 1 saturated carbocycles. The second kappa shape index (κ2) is 7.14. The van der Waals surface area contributed by atoms with Gasteiger partial charge in [-0.15, -0.1) is 0 Å². The number of likely N-dealkylation sites (tertiary alicyclic amines) is 1. The molecule has 2 aromatic rings. The van der Waals surface area contributed by atoms with E-state index >= 15 is 0 Å². The van der Waals surface area contributed by atoms with Crippen LogP contribution < -0.4 is 9.47 Å². The smallest absolute Gasteiger partial charge is 0.127 e. The molecule has 1 aliphatic carbocycles. The molecule has 2 heterocycles. The minimum absolute atomic E-state index is 0.0305. The van der Waals surface area contributed by atoms with E-state index in [9.17, 15) is 0 Å². The summed E-state index contributed by atoms with van der Waals surface area (Å²) in [5.41, 5.74) is 1.90. The average molecular weight is 374 g/mol. The first kappa shape index (κ1) is 17.6. The molecule has 0 bridgehead atoms. The Balaban J connectivity index is 1.25. The van der Waals surface area contributed by atoms with Crippen LogP contribution in [0.25, 0.3) is 0 Å². The number of ether oxygens (including phenoxy) is 2. The molecule has 0 unspecified atom stereocenters. The predicted octanol–water partition coefficient (Wildman–Crippen LogP) is 5.06. The zero-order valence-electron chi connectivity index (χ0n) is 16.2. The summed E-state index contributed by atoms with van der Waals surface area (Å²) in [5, 5.41) is 8.91. The highest BCUT2D eigenvalue weighted by Gasteiger charge is 2.41. The molecule has 5 rings (SSSR count). The summed E-state index contributed by atoms with van der Waals surface area (Å²) in [5.74, 6) is 2.59. The fraction of sp³-hybridized carbons (Fsp3) is 0.458. The molecule has 0 amide bonds. The normalized spacial score (nSPS) is 21.2. The minimum Gasteiger partial charge on any atom is -0.487 e. The average Bonchev–Trinajstić information content (AvgIpc) is 2.69. The van der Waals surface area contributed by atoms with Crippen LogP contribution in [-0.2, 0) is 6.42 Å². The molecule has 4 heteroatoms. The molecule has 0 aromatic heterocycles. The van der Waals surface area contributed by atoms with Gasteiger partial charge in [0.25, 0.3) is 0 Å². The Hall–Kier alpha value is -2.51. The Morgan fingerprint density at radius 3 is 2.43 bits per heavy atom. The van der Waals surface area contributed by atoms with Gasteiger partial charge in [-0.2, -0.15) is 5.26 Å². The van der Waals surface area contributed by atoms with E-state index in [0.29, 0.717) is 5.56 Å². The molecule has 3 aliphatic rings. The number of nitriles is 1. The molecular formula is C24H26N2O2. The van der Waals surface area contributed by atoms with Crippen LogP contribution in [0.4, 0.5) is 0 Å². The van der Waals surface area contributed by atoms with Crippen molar-refractivity contribution >= 4 is 0 Å². The highest BCUT2D eigenvalue weighted by molar-refractivity contribution is 5.44. The summed E-state index contributed by atoms with van der Waals surface area (Å²) in [6.07, 6.45) is 8.61. The second-order valence-electron chi connectivity index (χ2n) is 8.41. The predicted molar refractivity (Wildman–Crippen MR) is 108 cm³/mol. The van der Waals surface area contributed by atoms with Crippen molar-refractivity contribution < 1.29 is 9.47 Å². The quantitative estimate of drug-likeness (QED) is 0.753. The van der Waals surface area contributed by atoms with Crippen molar-refractivity contribution in [1.29, 1.82) is 5.26 Å². The van der Waals surface area contributed by atoms with Gasteiger partial charge in [-0.3, -0.25) is 0 Å². The van der Waals surface area contributed by atoms with Gasteiger partial charge in [0.1, 0.15) is 22.8 Å². The monoisotopic (exact) mass is 374 g/mol. The molecule has 2 aromatic carbocycles. The van der Waals surface area contributed by atoms with Crippen molar-refractivity contribution in [1.82, 2.24) is 4.90 Å². The van der Waals surface area contributed by atoms with Gasteiger partial charge >= 0.3 is 0 Å². The Labute approximate surface area is 166 Å². The summed E-state index contributed by atoms with van der Waals surface area (Å²) in [7, 11) is 0. The number of rotatable bonds is 3. The van der Waals surface area contributed by atoms with Crippen molar-refractivity contribution in [2.45, 2.75) is 56.6 Å². The number of benzene rings is 2. The number of nitrogens with zero attached hydrogens (tertiary/aromatic N) is 2. The first-order valence-electron chi connectivity index (χ1n) is 10.5. The van der Waals surface area contributed by atoms with Gasteiger partial charge < -0.3 is 14.4 Å². The fourth-order valence-electron chi connectivity index (χ4n) is 4.70.